The third-order valence-corrected chi connectivity index (χ3v) is 4.24. The van der Waals surface area contributed by atoms with E-state index in [-0.39, 0.29) is 12.5 Å². The molecule has 0 saturated heterocycles. The van der Waals surface area contributed by atoms with E-state index in [1.807, 2.05) is 24.3 Å². The second-order valence-electron chi connectivity index (χ2n) is 3.90. The van der Waals surface area contributed by atoms with Gasteiger partial charge in [-0.15, -0.1) is 11.3 Å². The minimum absolute atomic E-state index is 0.153. The van der Waals surface area contributed by atoms with Gasteiger partial charge in [-0.2, -0.15) is 0 Å². The minimum atomic E-state index is -0.494. The first-order valence-corrected chi connectivity index (χ1v) is 7.01. The van der Waals surface area contributed by atoms with Crippen molar-refractivity contribution in [1.82, 2.24) is 5.32 Å². The number of methoxy groups -OCH3 is 1. The predicted molar refractivity (Wildman–Crippen MR) is 80.9 cm³/mol. The molecular formula is C14H12ClNO3S. The summed E-state index contributed by atoms with van der Waals surface area (Å²) >= 11 is 7.75. The van der Waals surface area contributed by atoms with Crippen molar-refractivity contribution >= 4 is 51.0 Å². The lowest BCUT2D eigenvalue weighted by molar-refractivity contribution is -0.140. The highest BCUT2D eigenvalue weighted by atomic mass is 35.5. The molecule has 2 aromatic rings. The maximum Gasteiger partial charge on any atom is 0.325 e. The topological polar surface area (TPSA) is 55.4 Å². The zero-order valence-corrected chi connectivity index (χ0v) is 12.3. The summed E-state index contributed by atoms with van der Waals surface area (Å²) in [5.74, 6) is -0.865. The molecule has 0 aliphatic rings. The molecule has 0 aliphatic carbocycles. The second-order valence-corrected chi connectivity index (χ2v) is 5.37. The van der Waals surface area contributed by atoms with Crippen molar-refractivity contribution in [3.63, 3.8) is 0 Å². The number of hydrogen-bond acceptors (Lipinski definition) is 4. The summed E-state index contributed by atoms with van der Waals surface area (Å²) < 4.78 is 5.49. The van der Waals surface area contributed by atoms with Gasteiger partial charge < -0.3 is 10.1 Å². The van der Waals surface area contributed by atoms with E-state index < -0.39 is 5.97 Å². The molecule has 4 nitrogen and oxygen atoms in total. The normalized spacial score (nSPS) is 10.9. The van der Waals surface area contributed by atoms with Crippen molar-refractivity contribution in [2.45, 2.75) is 0 Å². The highest BCUT2D eigenvalue weighted by Crippen LogP contribution is 2.35. The molecule has 0 aliphatic heterocycles. The van der Waals surface area contributed by atoms with Gasteiger partial charge in [0.25, 0.3) is 0 Å². The minimum Gasteiger partial charge on any atom is -0.468 e. The molecular weight excluding hydrogens is 298 g/mol. The van der Waals surface area contributed by atoms with E-state index in [2.05, 4.69) is 10.1 Å². The average Bonchev–Trinajstić information content (AvgIpc) is 2.79. The molecule has 0 spiro atoms. The fraction of sp³-hybridized carbons (Fsp3) is 0.143. The Hall–Kier alpha value is -1.85. The summed E-state index contributed by atoms with van der Waals surface area (Å²) in [6, 6.07) is 7.76. The number of esters is 1. The average molecular weight is 310 g/mol. The van der Waals surface area contributed by atoms with Crippen LogP contribution >= 0.6 is 22.9 Å². The third-order valence-electron chi connectivity index (χ3n) is 2.58. The number of rotatable bonds is 4. The fourth-order valence-corrected chi connectivity index (χ4v) is 2.98. The smallest absolute Gasteiger partial charge is 0.325 e. The van der Waals surface area contributed by atoms with Crippen LogP contribution in [-0.4, -0.2) is 25.5 Å². The van der Waals surface area contributed by atoms with Crippen molar-refractivity contribution in [3.8, 4) is 0 Å². The number of halogens is 1. The van der Waals surface area contributed by atoms with E-state index in [1.165, 1.54) is 24.5 Å². The molecule has 1 heterocycles. The quantitative estimate of drug-likeness (QED) is 0.698. The molecule has 6 heteroatoms. The van der Waals surface area contributed by atoms with E-state index >= 15 is 0 Å². The second kappa shape index (κ2) is 6.54. The van der Waals surface area contributed by atoms with Gasteiger partial charge in [0.15, 0.2) is 0 Å². The van der Waals surface area contributed by atoms with Crippen LogP contribution in [0.3, 0.4) is 0 Å². The molecule has 1 amide bonds. The van der Waals surface area contributed by atoms with Crippen molar-refractivity contribution in [2.24, 2.45) is 0 Å². The van der Waals surface area contributed by atoms with Crippen molar-refractivity contribution in [1.29, 1.82) is 0 Å². The Bertz CT molecular complexity index is 678. The number of carbonyl (C=O) groups is 2. The van der Waals surface area contributed by atoms with Crippen molar-refractivity contribution in [3.05, 3.63) is 40.2 Å². The van der Waals surface area contributed by atoms with Crippen LogP contribution in [0.15, 0.2) is 30.3 Å². The van der Waals surface area contributed by atoms with Gasteiger partial charge in [0.1, 0.15) is 6.54 Å². The zero-order chi connectivity index (χ0) is 14.5. The summed E-state index contributed by atoms with van der Waals surface area (Å²) in [5.41, 5.74) is 0. The van der Waals surface area contributed by atoms with Crippen LogP contribution in [0.1, 0.15) is 4.88 Å². The number of hydrogen-bond donors (Lipinski definition) is 1. The van der Waals surface area contributed by atoms with E-state index in [1.54, 1.807) is 6.08 Å². The summed E-state index contributed by atoms with van der Waals surface area (Å²) in [4.78, 5) is 23.2. The maximum atomic E-state index is 11.5. The van der Waals surface area contributed by atoms with Gasteiger partial charge in [0.05, 0.1) is 12.1 Å². The summed E-state index contributed by atoms with van der Waals surface area (Å²) in [6.07, 6.45) is 2.99. The zero-order valence-electron chi connectivity index (χ0n) is 10.7. The molecule has 1 aromatic heterocycles. The standard InChI is InChI=1S/C14H12ClNO3S/c1-19-13(18)8-16-12(17)7-6-11-14(15)9-4-2-3-5-10(9)20-11/h2-7H,8H2,1H3,(H,16,17)/b7-6+. The summed E-state index contributed by atoms with van der Waals surface area (Å²) in [6.45, 7) is -0.153. The fourth-order valence-electron chi connectivity index (χ4n) is 1.58. The number of amides is 1. The Kier molecular flexibility index (Phi) is 4.76. The first-order chi connectivity index (χ1) is 9.61. The number of fused-ring (bicyclic) bond motifs is 1. The molecule has 0 bridgehead atoms. The van der Waals surface area contributed by atoms with E-state index in [0.717, 1.165) is 15.0 Å². The number of thiophene rings is 1. The molecule has 0 saturated carbocycles. The third kappa shape index (κ3) is 3.37. The molecule has 2 rings (SSSR count). The Labute approximate surface area is 125 Å². The van der Waals surface area contributed by atoms with Crippen molar-refractivity contribution < 1.29 is 14.3 Å². The lowest BCUT2D eigenvalue weighted by Crippen LogP contribution is -2.28. The molecule has 104 valence electrons. The van der Waals surface area contributed by atoms with Crippen LogP contribution in [-0.2, 0) is 14.3 Å². The van der Waals surface area contributed by atoms with Crippen molar-refractivity contribution in [2.75, 3.05) is 13.7 Å². The van der Waals surface area contributed by atoms with Crippen LogP contribution in [0.25, 0.3) is 16.2 Å². The Morgan fingerprint density at radius 1 is 1.40 bits per heavy atom. The van der Waals surface area contributed by atoms with Gasteiger partial charge >= 0.3 is 5.97 Å². The molecule has 0 radical (unpaired) electrons. The Morgan fingerprint density at radius 3 is 2.85 bits per heavy atom. The molecule has 0 unspecified atom stereocenters. The van der Waals surface area contributed by atoms with Gasteiger partial charge in [-0.25, -0.2) is 0 Å². The van der Waals surface area contributed by atoms with Crippen LogP contribution < -0.4 is 5.32 Å². The van der Waals surface area contributed by atoms with Crippen LogP contribution in [0, 0.1) is 0 Å². The number of benzene rings is 1. The van der Waals surface area contributed by atoms with Gasteiger partial charge in [-0.1, -0.05) is 29.8 Å². The monoisotopic (exact) mass is 309 g/mol. The van der Waals surface area contributed by atoms with Gasteiger partial charge in [-0.3, -0.25) is 9.59 Å². The lowest BCUT2D eigenvalue weighted by atomic mass is 10.2. The van der Waals surface area contributed by atoms with E-state index in [4.69, 9.17) is 11.6 Å². The summed E-state index contributed by atoms with van der Waals surface area (Å²) in [5, 5.41) is 4.01. The first-order valence-electron chi connectivity index (χ1n) is 5.81. The molecule has 1 N–H and O–H groups in total. The molecule has 0 fully saturated rings. The first kappa shape index (κ1) is 14.6. The van der Waals surface area contributed by atoms with E-state index in [0.29, 0.717) is 5.02 Å². The highest BCUT2D eigenvalue weighted by Gasteiger charge is 2.08. The number of carbonyl (C=O) groups excluding carboxylic acids is 2. The predicted octanol–water partition coefficient (Wildman–Crippen LogP) is 2.86. The largest absolute Gasteiger partial charge is 0.468 e. The van der Waals surface area contributed by atoms with Gasteiger partial charge in [-0.05, 0) is 12.1 Å². The number of nitrogens with one attached hydrogen (secondary N) is 1. The van der Waals surface area contributed by atoms with Crippen LogP contribution in [0.4, 0.5) is 0 Å². The van der Waals surface area contributed by atoms with Crippen LogP contribution in [0.5, 0.6) is 0 Å². The van der Waals surface area contributed by atoms with Gasteiger partial charge in [0.2, 0.25) is 5.91 Å². The lowest BCUT2D eigenvalue weighted by Gasteiger charge is -1.99. The maximum absolute atomic E-state index is 11.5. The highest BCUT2D eigenvalue weighted by molar-refractivity contribution is 7.20. The van der Waals surface area contributed by atoms with Gasteiger partial charge in [0, 0.05) is 21.0 Å². The Balaban J connectivity index is 2.08. The SMILES string of the molecule is COC(=O)CNC(=O)/C=C/c1sc2ccccc2c1Cl. The van der Waals surface area contributed by atoms with Crippen LogP contribution in [0.2, 0.25) is 5.02 Å². The molecule has 20 heavy (non-hydrogen) atoms. The summed E-state index contributed by atoms with van der Waals surface area (Å²) in [7, 11) is 1.27. The molecule has 0 atom stereocenters. The number of ether oxygens (including phenoxy) is 1. The molecule has 1 aromatic carbocycles. The Morgan fingerprint density at radius 2 is 2.15 bits per heavy atom. The van der Waals surface area contributed by atoms with E-state index in [9.17, 15) is 9.59 Å².